The van der Waals surface area contributed by atoms with Gasteiger partial charge in [0, 0.05) is 12.1 Å². The monoisotopic (exact) mass is 422 g/mol. The lowest BCUT2D eigenvalue weighted by atomic mass is 9.96. The second kappa shape index (κ2) is 11.5. The van der Waals surface area contributed by atoms with Crippen LogP contribution in [0.5, 0.6) is 0 Å². The van der Waals surface area contributed by atoms with E-state index in [1.54, 1.807) is 0 Å². The van der Waals surface area contributed by atoms with Crippen LogP contribution in [-0.2, 0) is 0 Å². The quantitative estimate of drug-likeness (QED) is 0.415. The van der Waals surface area contributed by atoms with Gasteiger partial charge < -0.3 is 21.3 Å². The van der Waals surface area contributed by atoms with E-state index in [4.69, 9.17) is 0 Å². The number of amides is 4. The minimum absolute atomic E-state index is 0.202. The van der Waals surface area contributed by atoms with Gasteiger partial charge >= 0.3 is 12.1 Å². The smallest absolute Gasteiger partial charge is 0.316 e. The van der Waals surface area contributed by atoms with Gasteiger partial charge in [0.15, 0.2) is 11.3 Å². The molecule has 2 rings (SSSR count). The zero-order valence-electron chi connectivity index (χ0n) is 19.4. The fourth-order valence-electron chi connectivity index (χ4n) is 4.01. The SMILES string of the molecule is CCC(C)(N=NC(C)(CC)NC(=O)NC1CCCCC1)NC(=O)NC1CCCCC1. The van der Waals surface area contributed by atoms with Gasteiger partial charge in [-0.05, 0) is 52.4 Å². The Hall–Kier alpha value is -1.86. The Morgan fingerprint density at radius 1 is 0.700 bits per heavy atom. The Balaban J connectivity index is 1.90. The van der Waals surface area contributed by atoms with Crippen LogP contribution in [0.4, 0.5) is 9.59 Å². The van der Waals surface area contributed by atoms with Gasteiger partial charge in [-0.1, -0.05) is 52.4 Å². The third-order valence-electron chi connectivity index (χ3n) is 6.51. The lowest BCUT2D eigenvalue weighted by Gasteiger charge is -2.31. The molecule has 8 heteroatoms. The molecule has 0 spiro atoms. The number of nitrogens with one attached hydrogen (secondary N) is 4. The van der Waals surface area contributed by atoms with Gasteiger partial charge in [-0.25, -0.2) is 9.59 Å². The maximum Gasteiger partial charge on any atom is 0.316 e. The lowest BCUT2D eigenvalue weighted by Crippen LogP contribution is -2.53. The number of rotatable bonds is 8. The summed E-state index contributed by atoms with van der Waals surface area (Å²) in [6.45, 7) is 7.64. The Bertz CT molecular complexity index is 536. The molecule has 0 radical (unpaired) electrons. The van der Waals surface area contributed by atoms with Crippen LogP contribution in [0.1, 0.15) is 105 Å². The molecule has 0 aromatic carbocycles. The highest BCUT2D eigenvalue weighted by molar-refractivity contribution is 5.75. The predicted molar refractivity (Wildman–Crippen MR) is 119 cm³/mol. The Kier molecular flexibility index (Phi) is 9.37. The summed E-state index contributed by atoms with van der Waals surface area (Å²) in [6, 6.07) is 0.0727. The molecular weight excluding hydrogens is 380 g/mol. The van der Waals surface area contributed by atoms with Crippen LogP contribution < -0.4 is 21.3 Å². The summed E-state index contributed by atoms with van der Waals surface area (Å²) in [7, 11) is 0. The molecule has 0 heterocycles. The zero-order valence-corrected chi connectivity index (χ0v) is 19.4. The van der Waals surface area contributed by atoms with Gasteiger partial charge in [-0.3, -0.25) is 0 Å². The van der Waals surface area contributed by atoms with Crippen LogP contribution in [0.2, 0.25) is 0 Å². The maximum absolute atomic E-state index is 12.5. The van der Waals surface area contributed by atoms with Gasteiger partial charge in [0.2, 0.25) is 0 Å². The van der Waals surface area contributed by atoms with Crippen molar-refractivity contribution in [2.45, 2.75) is 128 Å². The molecule has 0 bridgehead atoms. The topological polar surface area (TPSA) is 107 Å². The number of urea groups is 2. The summed E-state index contributed by atoms with van der Waals surface area (Å²) in [6.07, 6.45) is 12.5. The molecule has 4 amide bonds. The van der Waals surface area contributed by atoms with Crippen molar-refractivity contribution in [3.05, 3.63) is 0 Å². The zero-order chi connectivity index (χ0) is 22.0. The molecular formula is C22H42N6O2. The first-order valence-electron chi connectivity index (χ1n) is 11.9. The highest BCUT2D eigenvalue weighted by Crippen LogP contribution is 2.21. The van der Waals surface area contributed by atoms with Crippen LogP contribution in [0.25, 0.3) is 0 Å². The van der Waals surface area contributed by atoms with E-state index in [0.29, 0.717) is 12.8 Å². The fraction of sp³-hybridized carbons (Fsp3) is 0.909. The molecule has 0 saturated heterocycles. The number of carbonyl (C=O) groups is 2. The summed E-state index contributed by atoms with van der Waals surface area (Å²) in [5.74, 6) is 0. The normalized spacial score (nSPS) is 22.7. The number of hydrogen-bond acceptors (Lipinski definition) is 4. The second-order valence-corrected chi connectivity index (χ2v) is 9.32. The molecule has 4 N–H and O–H groups in total. The molecule has 2 saturated carbocycles. The van der Waals surface area contributed by atoms with E-state index in [2.05, 4.69) is 31.5 Å². The summed E-state index contributed by atoms with van der Waals surface area (Å²) >= 11 is 0. The molecule has 30 heavy (non-hydrogen) atoms. The highest BCUT2D eigenvalue weighted by Gasteiger charge is 2.30. The maximum atomic E-state index is 12.5. The van der Waals surface area contributed by atoms with Crippen molar-refractivity contribution in [3.8, 4) is 0 Å². The van der Waals surface area contributed by atoms with E-state index in [1.165, 1.54) is 38.5 Å². The van der Waals surface area contributed by atoms with Crippen LogP contribution in [0.3, 0.4) is 0 Å². The molecule has 2 atom stereocenters. The van der Waals surface area contributed by atoms with Crippen LogP contribution in [-0.4, -0.2) is 35.5 Å². The van der Waals surface area contributed by atoms with Crippen molar-refractivity contribution < 1.29 is 9.59 Å². The van der Waals surface area contributed by atoms with Crippen molar-refractivity contribution in [1.82, 2.24) is 21.3 Å². The molecule has 2 unspecified atom stereocenters. The van der Waals surface area contributed by atoms with Crippen molar-refractivity contribution in [3.63, 3.8) is 0 Å². The minimum atomic E-state index is -0.823. The number of hydrogen-bond donors (Lipinski definition) is 4. The van der Waals surface area contributed by atoms with E-state index in [1.807, 2.05) is 27.7 Å². The highest BCUT2D eigenvalue weighted by atomic mass is 16.2. The Morgan fingerprint density at radius 3 is 1.33 bits per heavy atom. The van der Waals surface area contributed by atoms with Gasteiger partial charge in [-0.2, -0.15) is 10.2 Å². The predicted octanol–water partition coefficient (Wildman–Crippen LogP) is 4.95. The summed E-state index contributed by atoms with van der Waals surface area (Å²) in [5.41, 5.74) is -1.65. The van der Waals surface area contributed by atoms with Crippen molar-refractivity contribution in [2.24, 2.45) is 10.2 Å². The van der Waals surface area contributed by atoms with Crippen molar-refractivity contribution in [1.29, 1.82) is 0 Å². The summed E-state index contributed by atoms with van der Waals surface area (Å²) in [4.78, 5) is 25.0. The third kappa shape index (κ3) is 8.11. The molecule has 0 aliphatic heterocycles. The molecule has 0 aromatic heterocycles. The average molecular weight is 423 g/mol. The van der Waals surface area contributed by atoms with E-state index in [0.717, 1.165) is 25.7 Å². The van der Waals surface area contributed by atoms with Gasteiger partial charge in [0.05, 0.1) is 0 Å². The van der Waals surface area contributed by atoms with E-state index >= 15 is 0 Å². The number of nitrogens with zero attached hydrogens (tertiary/aromatic N) is 2. The molecule has 172 valence electrons. The first-order chi connectivity index (χ1) is 14.3. The second-order valence-electron chi connectivity index (χ2n) is 9.32. The first-order valence-corrected chi connectivity index (χ1v) is 11.9. The van der Waals surface area contributed by atoms with E-state index in [-0.39, 0.29) is 24.1 Å². The summed E-state index contributed by atoms with van der Waals surface area (Å²) in [5, 5.41) is 21.0. The first kappa shape index (κ1) is 24.4. The molecule has 2 aliphatic carbocycles. The minimum Gasteiger partial charge on any atom is -0.335 e. The van der Waals surface area contributed by atoms with Crippen LogP contribution >= 0.6 is 0 Å². The van der Waals surface area contributed by atoms with Crippen LogP contribution in [0, 0.1) is 0 Å². The molecule has 8 nitrogen and oxygen atoms in total. The average Bonchev–Trinajstić information content (AvgIpc) is 2.73. The Labute approximate surface area is 181 Å². The molecule has 0 aromatic rings. The number of azo groups is 1. The lowest BCUT2D eigenvalue weighted by molar-refractivity contribution is 0.208. The van der Waals surface area contributed by atoms with Gasteiger partial charge in [-0.15, -0.1) is 0 Å². The number of carbonyl (C=O) groups excluding carboxylic acids is 2. The van der Waals surface area contributed by atoms with Crippen molar-refractivity contribution in [2.75, 3.05) is 0 Å². The van der Waals surface area contributed by atoms with Crippen molar-refractivity contribution >= 4 is 12.1 Å². The van der Waals surface area contributed by atoms with Gasteiger partial charge in [0.25, 0.3) is 0 Å². The van der Waals surface area contributed by atoms with E-state index < -0.39 is 11.3 Å². The third-order valence-corrected chi connectivity index (χ3v) is 6.51. The standard InChI is InChI=1S/C22H42N6O2/c1-5-21(3,25-19(29)23-17-13-9-7-10-14-17)27-28-22(4,6-2)26-20(30)24-18-15-11-8-12-16-18/h17-18H,5-16H2,1-4H3,(H2,23,25,29)(H2,24,26,30). The summed E-state index contributed by atoms with van der Waals surface area (Å²) < 4.78 is 0. The van der Waals surface area contributed by atoms with Gasteiger partial charge in [0.1, 0.15) is 0 Å². The van der Waals surface area contributed by atoms with E-state index in [9.17, 15) is 9.59 Å². The Morgan fingerprint density at radius 2 is 1.03 bits per heavy atom. The van der Waals surface area contributed by atoms with Crippen LogP contribution in [0.15, 0.2) is 10.2 Å². The fourth-order valence-corrected chi connectivity index (χ4v) is 4.01. The molecule has 2 fully saturated rings. The largest absolute Gasteiger partial charge is 0.335 e. The molecule has 2 aliphatic rings.